The first kappa shape index (κ1) is 28.3. The Morgan fingerprint density at radius 3 is 2.47 bits per heavy atom. The molecule has 1 aliphatic rings. The molecule has 3 aromatic carbocycles. The van der Waals surface area contributed by atoms with Gasteiger partial charge in [0.15, 0.2) is 0 Å². The van der Waals surface area contributed by atoms with Crippen molar-refractivity contribution >= 4 is 28.1 Å². The van der Waals surface area contributed by atoms with Crippen molar-refractivity contribution in [2.24, 2.45) is 0 Å². The average molecular weight is 573 g/mol. The van der Waals surface area contributed by atoms with Crippen LogP contribution >= 0.6 is 0 Å². The second-order valence-electron chi connectivity index (χ2n) is 11.0. The summed E-state index contributed by atoms with van der Waals surface area (Å²) in [5, 5.41) is 13.0. The number of nitrogens with zero attached hydrogens (tertiary/aromatic N) is 4. The van der Waals surface area contributed by atoms with E-state index in [0.717, 1.165) is 58.3 Å². The van der Waals surface area contributed by atoms with E-state index in [9.17, 15) is 9.59 Å². The first-order valence-electron chi connectivity index (χ1n) is 15.0. The maximum Gasteiger partial charge on any atom is 0.290 e. The van der Waals surface area contributed by atoms with Crippen molar-refractivity contribution in [2.75, 3.05) is 31.5 Å². The summed E-state index contributed by atoms with van der Waals surface area (Å²) in [4.78, 5) is 32.6. The van der Waals surface area contributed by atoms with E-state index in [1.165, 1.54) is 17.5 Å². The van der Waals surface area contributed by atoms with Crippen LogP contribution in [0.2, 0.25) is 0 Å². The maximum atomic E-state index is 13.3. The third kappa shape index (κ3) is 6.65. The zero-order valence-electron chi connectivity index (χ0n) is 24.4. The Labute approximate surface area is 251 Å². The Kier molecular flexibility index (Phi) is 8.56. The number of rotatable bonds is 10. The van der Waals surface area contributed by atoms with Gasteiger partial charge in [0.05, 0.1) is 24.0 Å². The largest absolute Gasteiger partial charge is 0.355 e. The van der Waals surface area contributed by atoms with Crippen LogP contribution in [-0.2, 0) is 17.8 Å². The summed E-state index contributed by atoms with van der Waals surface area (Å²) < 4.78 is 1.48. The van der Waals surface area contributed by atoms with E-state index in [-0.39, 0.29) is 11.5 Å². The molecule has 3 heterocycles. The molecular weight excluding hydrogens is 536 g/mol. The summed E-state index contributed by atoms with van der Waals surface area (Å²) in [6.45, 7) is 6.20. The first-order chi connectivity index (χ1) is 21.1. The minimum Gasteiger partial charge on any atom is -0.355 e. The molecule has 8 heteroatoms. The Morgan fingerprint density at radius 2 is 1.63 bits per heavy atom. The molecule has 0 bridgehead atoms. The number of amides is 1. The number of carbonyl (C=O) groups excluding carboxylic acids is 1. The zero-order chi connectivity index (χ0) is 29.6. The predicted molar refractivity (Wildman–Crippen MR) is 172 cm³/mol. The normalized spacial score (nSPS) is 13.3. The molecule has 2 aromatic heterocycles. The molecule has 1 saturated heterocycles. The number of hydrogen-bond acceptors (Lipinski definition) is 6. The van der Waals surface area contributed by atoms with Gasteiger partial charge in [-0.3, -0.25) is 14.6 Å². The van der Waals surface area contributed by atoms with Gasteiger partial charge in [-0.25, -0.2) is 4.68 Å². The lowest BCUT2D eigenvalue weighted by Crippen LogP contribution is -2.34. The Morgan fingerprint density at radius 1 is 0.860 bits per heavy atom. The van der Waals surface area contributed by atoms with E-state index in [1.807, 2.05) is 61.7 Å². The van der Waals surface area contributed by atoms with E-state index in [1.54, 1.807) is 12.3 Å². The van der Waals surface area contributed by atoms with Crippen LogP contribution in [0.15, 0.2) is 96.1 Å². The minimum absolute atomic E-state index is 0.0394. The fourth-order valence-electron chi connectivity index (χ4n) is 5.67. The summed E-state index contributed by atoms with van der Waals surface area (Å²) in [7, 11) is 0. The highest BCUT2D eigenvalue weighted by atomic mass is 16.1. The van der Waals surface area contributed by atoms with Gasteiger partial charge in [-0.2, -0.15) is 5.10 Å². The number of benzene rings is 3. The van der Waals surface area contributed by atoms with Gasteiger partial charge in [0.2, 0.25) is 5.91 Å². The summed E-state index contributed by atoms with van der Waals surface area (Å²) in [6, 6.07) is 26.0. The summed E-state index contributed by atoms with van der Waals surface area (Å²) in [5.41, 5.74) is 5.59. The number of pyridine rings is 1. The van der Waals surface area contributed by atoms with Crippen LogP contribution in [0.1, 0.15) is 25.3 Å². The van der Waals surface area contributed by atoms with Gasteiger partial charge in [-0.1, -0.05) is 66.7 Å². The average Bonchev–Trinajstić information content (AvgIpc) is 3.56. The number of hydrogen-bond donors (Lipinski definition) is 2. The van der Waals surface area contributed by atoms with Crippen molar-refractivity contribution in [1.82, 2.24) is 25.0 Å². The molecule has 43 heavy (non-hydrogen) atoms. The lowest BCUT2D eigenvalue weighted by atomic mass is 9.99. The van der Waals surface area contributed by atoms with E-state index >= 15 is 0 Å². The molecule has 0 aliphatic carbocycles. The van der Waals surface area contributed by atoms with Crippen molar-refractivity contribution < 1.29 is 4.79 Å². The molecule has 8 nitrogen and oxygen atoms in total. The highest BCUT2D eigenvalue weighted by molar-refractivity contribution is 5.94. The second kappa shape index (κ2) is 13.0. The zero-order valence-corrected chi connectivity index (χ0v) is 24.4. The number of anilines is 2. The molecule has 1 aliphatic heterocycles. The van der Waals surface area contributed by atoms with Crippen LogP contribution in [0.5, 0.6) is 0 Å². The van der Waals surface area contributed by atoms with Crippen LogP contribution < -0.4 is 16.2 Å². The van der Waals surface area contributed by atoms with Crippen LogP contribution in [0.25, 0.3) is 33.2 Å². The lowest BCUT2D eigenvalue weighted by Gasteiger charge is -2.15. The molecule has 6 rings (SSSR count). The minimum atomic E-state index is -0.193. The molecule has 2 N–H and O–H groups in total. The fraction of sp³-hybridized carbons (Fsp3) is 0.257. The standard InChI is InChI=1S/C35H36N6O2/c1-2-41-35(43)32(38-33-24-36-23-29-10-3-4-14-30(29)33)22-31(39-41)28-13-8-12-27(21-28)26-11-7-9-25(19-26)20-34(42)37-15-18-40-16-5-6-17-40/h3-4,7-14,19,21-24,38H,2,5-6,15-18,20H2,1H3,(H,37,42). The molecule has 1 fully saturated rings. The third-order valence-corrected chi connectivity index (χ3v) is 7.94. The van der Waals surface area contributed by atoms with Crippen molar-refractivity contribution in [3.05, 3.63) is 107 Å². The number of likely N-dealkylation sites (tertiary alicyclic amines) is 1. The molecule has 0 unspecified atom stereocenters. The van der Waals surface area contributed by atoms with Gasteiger partial charge < -0.3 is 15.5 Å². The topological polar surface area (TPSA) is 92.2 Å². The maximum absolute atomic E-state index is 13.3. The quantitative estimate of drug-likeness (QED) is 0.225. The molecule has 218 valence electrons. The first-order valence-corrected chi connectivity index (χ1v) is 15.0. The Balaban J connectivity index is 1.23. The van der Waals surface area contributed by atoms with E-state index in [4.69, 9.17) is 0 Å². The Hall–Kier alpha value is -4.82. The SMILES string of the molecule is CCn1nc(-c2cccc(-c3cccc(CC(=O)NCCN4CCCC4)c3)c2)cc(Nc2cncc3ccccc23)c1=O. The van der Waals surface area contributed by atoms with Gasteiger partial charge in [-0.15, -0.1) is 0 Å². The monoisotopic (exact) mass is 572 g/mol. The second-order valence-corrected chi connectivity index (χ2v) is 11.0. The number of aromatic nitrogens is 3. The Bertz CT molecular complexity index is 1800. The number of aryl methyl sites for hydroxylation is 1. The van der Waals surface area contributed by atoms with Crippen LogP contribution in [0.3, 0.4) is 0 Å². The third-order valence-electron chi connectivity index (χ3n) is 7.94. The summed E-state index contributed by atoms with van der Waals surface area (Å²) in [5.74, 6) is 0.0394. The van der Waals surface area contributed by atoms with Gasteiger partial charge >= 0.3 is 0 Å². The van der Waals surface area contributed by atoms with Gasteiger partial charge in [-0.05, 0) is 61.7 Å². The van der Waals surface area contributed by atoms with Gasteiger partial charge in [0.25, 0.3) is 5.56 Å². The highest BCUT2D eigenvalue weighted by Crippen LogP contribution is 2.29. The number of nitrogens with one attached hydrogen (secondary N) is 2. The van der Waals surface area contributed by atoms with Gasteiger partial charge in [0, 0.05) is 42.2 Å². The number of carbonyl (C=O) groups is 1. The molecule has 0 radical (unpaired) electrons. The molecule has 5 aromatic rings. The van der Waals surface area contributed by atoms with Gasteiger partial charge in [0.1, 0.15) is 5.69 Å². The van der Waals surface area contributed by atoms with Crippen molar-refractivity contribution in [3.63, 3.8) is 0 Å². The molecule has 0 spiro atoms. The number of fused-ring (bicyclic) bond motifs is 1. The highest BCUT2D eigenvalue weighted by Gasteiger charge is 2.14. The van der Waals surface area contributed by atoms with Crippen LogP contribution in [0, 0.1) is 0 Å². The van der Waals surface area contributed by atoms with Crippen LogP contribution in [0.4, 0.5) is 11.4 Å². The lowest BCUT2D eigenvalue weighted by molar-refractivity contribution is -0.120. The van der Waals surface area contributed by atoms with E-state index in [0.29, 0.717) is 30.9 Å². The smallest absolute Gasteiger partial charge is 0.290 e. The summed E-state index contributed by atoms with van der Waals surface area (Å²) in [6.07, 6.45) is 6.39. The van der Waals surface area contributed by atoms with Crippen molar-refractivity contribution in [1.29, 1.82) is 0 Å². The molecule has 0 saturated carbocycles. The van der Waals surface area contributed by atoms with Crippen molar-refractivity contribution in [2.45, 2.75) is 32.7 Å². The fourth-order valence-corrected chi connectivity index (χ4v) is 5.67. The van der Waals surface area contributed by atoms with E-state index in [2.05, 4.69) is 49.9 Å². The van der Waals surface area contributed by atoms with Crippen LogP contribution in [-0.4, -0.2) is 51.8 Å². The molecule has 0 atom stereocenters. The van der Waals surface area contributed by atoms with Crippen molar-refractivity contribution in [3.8, 4) is 22.4 Å². The molecule has 1 amide bonds. The predicted octanol–water partition coefficient (Wildman–Crippen LogP) is 5.64. The molecular formula is C35H36N6O2. The summed E-state index contributed by atoms with van der Waals surface area (Å²) >= 11 is 0. The van der Waals surface area contributed by atoms with E-state index < -0.39 is 0 Å².